The number of allylic oxidation sites excluding steroid dienone is 2. The van der Waals surface area contributed by atoms with E-state index >= 15 is 0 Å². The average molecular weight is 404 g/mol. The molecule has 7 atom stereocenters. The lowest BCUT2D eigenvalue weighted by Crippen LogP contribution is -2.49. The van der Waals surface area contributed by atoms with Crippen LogP contribution in [0.5, 0.6) is 0 Å². The fourth-order valence-corrected chi connectivity index (χ4v) is 7.90. The van der Waals surface area contributed by atoms with Gasteiger partial charge in [-0.1, -0.05) is 51.0 Å². The van der Waals surface area contributed by atoms with Gasteiger partial charge >= 0.3 is 0 Å². The fraction of sp³-hybridized carbons (Fsp3) is 0.852. The number of hydrogen-bond acceptors (Lipinski definition) is 2. The molecule has 2 N–H and O–H groups in total. The van der Waals surface area contributed by atoms with Gasteiger partial charge in [0.05, 0.1) is 11.2 Å². The number of aliphatic hydroxyl groups is 2. The van der Waals surface area contributed by atoms with Crippen LogP contribution in [0.3, 0.4) is 0 Å². The van der Waals surface area contributed by atoms with Crippen LogP contribution >= 0.6 is 0 Å². The summed E-state index contributed by atoms with van der Waals surface area (Å²) in [5, 5.41) is 21.9. The van der Waals surface area contributed by atoms with E-state index < -0.39 is 11.2 Å². The third kappa shape index (κ3) is 3.78. The summed E-state index contributed by atoms with van der Waals surface area (Å²) in [4.78, 5) is 0. The van der Waals surface area contributed by atoms with Crippen LogP contribution in [0.4, 0.5) is 0 Å². The Morgan fingerprint density at radius 1 is 1.21 bits per heavy atom. The van der Waals surface area contributed by atoms with E-state index in [0.717, 1.165) is 38.0 Å². The highest BCUT2D eigenvalue weighted by molar-refractivity contribution is 5.36. The van der Waals surface area contributed by atoms with E-state index in [0.29, 0.717) is 17.8 Å². The summed E-state index contributed by atoms with van der Waals surface area (Å²) < 4.78 is 0. The first-order valence-electron chi connectivity index (χ1n) is 12.3. The standard InChI is InChI=1S/C27H44O2/c1-19(8-6-13-24(3,4)28)22-11-12-23-25(22,5)14-7-15-27(23,29)17-16-26-18-21(26)10-9-20(26)2/h16-17,19,21-23,28-29H,2,6-15,18H2,1,3-5H3/b17-16+/t19-,21-,22-,23-,25-,26-,27-/m1/s1/i2+1,15+1,17+1. The Kier molecular flexibility index (Phi) is 5.39. The second kappa shape index (κ2) is 7.23. The van der Waals surface area contributed by atoms with E-state index in [-0.39, 0.29) is 10.8 Å². The molecule has 4 aliphatic carbocycles. The van der Waals surface area contributed by atoms with Gasteiger partial charge in [0, 0.05) is 5.41 Å². The van der Waals surface area contributed by atoms with Crippen LogP contribution in [0.15, 0.2) is 24.3 Å². The van der Waals surface area contributed by atoms with Crippen LogP contribution in [-0.2, 0) is 0 Å². The zero-order chi connectivity index (χ0) is 21.1. The summed E-state index contributed by atoms with van der Waals surface area (Å²) in [5.41, 5.74) is 0.720. The highest BCUT2D eigenvalue weighted by atomic mass is 16.3. The maximum atomic E-state index is 11.8. The zero-order valence-corrected chi connectivity index (χ0v) is 19.3. The Balaban J connectivity index is 1.45. The Bertz CT molecular complexity index is 673. The van der Waals surface area contributed by atoms with Crippen molar-refractivity contribution in [1.29, 1.82) is 0 Å². The summed E-state index contributed by atoms with van der Waals surface area (Å²) in [7, 11) is 0. The highest BCUT2D eigenvalue weighted by Gasteiger charge is 2.60. The van der Waals surface area contributed by atoms with Crippen molar-refractivity contribution in [3.8, 4) is 0 Å². The van der Waals surface area contributed by atoms with Crippen molar-refractivity contribution in [3.05, 3.63) is 24.3 Å². The molecule has 164 valence electrons. The molecule has 0 aromatic heterocycles. The number of fused-ring (bicyclic) bond motifs is 2. The van der Waals surface area contributed by atoms with E-state index in [9.17, 15) is 10.2 Å². The van der Waals surface area contributed by atoms with Crippen molar-refractivity contribution < 1.29 is 10.2 Å². The smallest absolute Gasteiger partial charge is 0.0861 e. The van der Waals surface area contributed by atoms with E-state index in [4.69, 9.17) is 0 Å². The van der Waals surface area contributed by atoms with Crippen LogP contribution in [0.25, 0.3) is 0 Å². The zero-order valence-electron chi connectivity index (χ0n) is 19.3. The van der Waals surface area contributed by atoms with Crippen LogP contribution < -0.4 is 0 Å². The summed E-state index contributed by atoms with van der Waals surface area (Å²) in [6, 6.07) is 0. The summed E-state index contributed by atoms with van der Waals surface area (Å²) >= 11 is 0. The van der Waals surface area contributed by atoms with Gasteiger partial charge in [0.2, 0.25) is 0 Å². The van der Waals surface area contributed by atoms with Crippen molar-refractivity contribution in [2.45, 2.75) is 110 Å². The Morgan fingerprint density at radius 3 is 2.59 bits per heavy atom. The second-order valence-corrected chi connectivity index (χ2v) is 12.2. The van der Waals surface area contributed by atoms with Crippen molar-refractivity contribution in [2.75, 3.05) is 0 Å². The van der Waals surface area contributed by atoms with Gasteiger partial charge in [0.15, 0.2) is 0 Å². The van der Waals surface area contributed by atoms with Crippen LogP contribution in [-0.4, -0.2) is 21.4 Å². The first-order chi connectivity index (χ1) is 13.5. The molecule has 0 spiro atoms. The predicted octanol–water partition coefficient (Wildman–Crippen LogP) is 6.42. The lowest BCUT2D eigenvalue weighted by atomic mass is 9.61. The van der Waals surface area contributed by atoms with Gasteiger partial charge in [-0.05, 0) is 101 Å². The third-order valence-corrected chi connectivity index (χ3v) is 9.72. The Morgan fingerprint density at radius 2 is 1.97 bits per heavy atom. The Hall–Kier alpha value is -0.600. The highest BCUT2D eigenvalue weighted by Crippen LogP contribution is 2.68. The van der Waals surface area contributed by atoms with Crippen molar-refractivity contribution in [2.24, 2.45) is 34.5 Å². The Labute approximate surface area is 178 Å². The molecule has 4 rings (SSSR count). The van der Waals surface area contributed by atoms with Gasteiger partial charge in [-0.15, -0.1) is 0 Å². The van der Waals surface area contributed by atoms with Gasteiger partial charge in [0.25, 0.3) is 0 Å². The SMILES string of the molecule is C[C@H](CCCC(C)(C)O)[C@H]1CC[C@@H]2[C@]1(C)CC[13CH2][C@@]2(O)/[13CH]=C/[C@]12C[C@H]1CCC2=[13CH2]. The van der Waals surface area contributed by atoms with Gasteiger partial charge in [-0.2, -0.15) is 0 Å². The molecule has 0 heterocycles. The van der Waals surface area contributed by atoms with E-state index in [1.54, 1.807) is 0 Å². The largest absolute Gasteiger partial charge is 0.390 e. The molecule has 0 aliphatic heterocycles. The topological polar surface area (TPSA) is 40.5 Å². The van der Waals surface area contributed by atoms with Gasteiger partial charge in [-0.25, -0.2) is 0 Å². The van der Waals surface area contributed by atoms with E-state index in [2.05, 4.69) is 32.6 Å². The summed E-state index contributed by atoms with van der Waals surface area (Å²) in [5.74, 6) is 2.56. The maximum Gasteiger partial charge on any atom is 0.0861 e. The van der Waals surface area contributed by atoms with Gasteiger partial charge in [-0.3, -0.25) is 0 Å². The average Bonchev–Trinajstić information content (AvgIpc) is 3.10. The van der Waals surface area contributed by atoms with Crippen LogP contribution in [0.2, 0.25) is 0 Å². The quantitative estimate of drug-likeness (QED) is 0.380. The minimum absolute atomic E-state index is 0.242. The summed E-state index contributed by atoms with van der Waals surface area (Å²) in [6.07, 6.45) is 17.3. The lowest BCUT2D eigenvalue weighted by Gasteiger charge is -2.50. The van der Waals surface area contributed by atoms with Crippen molar-refractivity contribution in [3.63, 3.8) is 0 Å². The van der Waals surface area contributed by atoms with E-state index in [1.807, 2.05) is 13.8 Å². The molecule has 0 bridgehead atoms. The molecule has 0 aromatic rings. The molecule has 0 radical (unpaired) electrons. The van der Waals surface area contributed by atoms with Crippen molar-refractivity contribution >= 4 is 0 Å². The molecular formula is C27H44O2. The molecule has 2 nitrogen and oxygen atoms in total. The number of rotatable bonds is 7. The predicted molar refractivity (Wildman–Crippen MR) is 120 cm³/mol. The molecule has 0 saturated heterocycles. The molecule has 29 heavy (non-hydrogen) atoms. The molecule has 0 unspecified atom stereocenters. The van der Waals surface area contributed by atoms with Crippen LogP contribution in [0, 0.1) is 34.5 Å². The minimum Gasteiger partial charge on any atom is -0.390 e. The van der Waals surface area contributed by atoms with Crippen molar-refractivity contribution in [1.82, 2.24) is 0 Å². The molecule has 4 saturated carbocycles. The first-order valence-corrected chi connectivity index (χ1v) is 12.3. The summed E-state index contributed by atoms with van der Waals surface area (Å²) in [6.45, 7) is 13.1. The molecule has 2 heteroatoms. The molecular weight excluding hydrogens is 359 g/mol. The third-order valence-electron chi connectivity index (χ3n) is 9.72. The molecule has 4 aliphatic rings. The molecule has 0 aromatic carbocycles. The molecule has 0 amide bonds. The number of hydrogen-bond donors (Lipinski definition) is 2. The fourth-order valence-electron chi connectivity index (χ4n) is 7.90. The second-order valence-electron chi connectivity index (χ2n) is 12.2. The van der Waals surface area contributed by atoms with Gasteiger partial charge < -0.3 is 10.2 Å². The van der Waals surface area contributed by atoms with Gasteiger partial charge in [0.1, 0.15) is 0 Å². The monoisotopic (exact) mass is 403 g/mol. The van der Waals surface area contributed by atoms with E-state index in [1.165, 1.54) is 44.1 Å². The molecule has 4 fully saturated rings. The minimum atomic E-state index is -0.626. The first kappa shape index (κ1) is 21.6. The lowest BCUT2D eigenvalue weighted by molar-refractivity contribution is -0.0783. The normalized spacial score (nSPS) is 45.4. The van der Waals surface area contributed by atoms with Crippen LogP contribution in [0.1, 0.15) is 98.3 Å². The maximum absolute atomic E-state index is 11.8.